The number of hydrogen-bond acceptors (Lipinski definition) is 10. The van der Waals surface area contributed by atoms with Gasteiger partial charge in [0.05, 0.1) is 50.8 Å². The van der Waals surface area contributed by atoms with E-state index in [9.17, 15) is 23.9 Å². The summed E-state index contributed by atoms with van der Waals surface area (Å²) >= 11 is 1.12. The number of hydrogen-bond donors (Lipinski definition) is 2. The van der Waals surface area contributed by atoms with Crippen molar-refractivity contribution in [3.63, 3.8) is 0 Å². The van der Waals surface area contributed by atoms with Gasteiger partial charge in [0.1, 0.15) is 33.5 Å². The standard InChI is InChI=1S/C32H39FN6O7S/c1-17(2)25-26(32(25)8-9-34-16-32)46-13-12-45-23(21-14-20(33)6-7-22(21)44-5)15-37-29-24(18(3)28(47-29)39-35-10-11-36-39)27(40)38(31(37)43)19(4)30(41)42/h6-7,10-11,14,17,19,23,25-26,34H,8-9,12-13,15-16H2,1-5H3,(H,41,42)/t19-,23+,25?,26?,32?/m1/s1. The first-order valence-electron chi connectivity index (χ1n) is 15.7. The molecule has 2 N–H and O–H groups in total. The number of aliphatic carboxylic acids is 1. The Bertz CT molecular complexity index is 1900. The predicted molar refractivity (Wildman–Crippen MR) is 172 cm³/mol. The number of nitrogens with zero attached hydrogens (tertiary/aromatic N) is 5. The maximum absolute atomic E-state index is 14.7. The molecule has 47 heavy (non-hydrogen) atoms. The molecule has 2 aliphatic rings. The third-order valence-corrected chi connectivity index (χ3v) is 10.8. The summed E-state index contributed by atoms with van der Waals surface area (Å²) in [6, 6.07) is 2.57. The number of thiophene rings is 1. The first-order chi connectivity index (χ1) is 22.5. The van der Waals surface area contributed by atoms with Crippen molar-refractivity contribution in [2.24, 2.45) is 17.3 Å². The number of aryl methyl sites for hydroxylation is 1. The maximum atomic E-state index is 14.7. The van der Waals surface area contributed by atoms with Crippen LogP contribution in [0.4, 0.5) is 4.39 Å². The number of nitrogens with one attached hydrogen (secondary N) is 1. The highest BCUT2D eigenvalue weighted by Crippen LogP contribution is 2.61. The van der Waals surface area contributed by atoms with Crippen molar-refractivity contribution in [1.82, 2.24) is 29.4 Å². The topological polar surface area (TPSA) is 152 Å². The molecule has 1 aliphatic carbocycles. The second-order valence-corrected chi connectivity index (χ2v) is 13.6. The third-order valence-electron chi connectivity index (χ3n) is 9.54. The van der Waals surface area contributed by atoms with Crippen LogP contribution in [-0.2, 0) is 20.8 Å². The number of carboxylic acid groups (broad SMARTS) is 1. The van der Waals surface area contributed by atoms with Gasteiger partial charge in [-0.05, 0) is 56.8 Å². The molecule has 1 aromatic carbocycles. The summed E-state index contributed by atoms with van der Waals surface area (Å²) in [4.78, 5) is 41.5. The number of benzene rings is 1. The quantitative estimate of drug-likeness (QED) is 0.203. The number of fused-ring (bicyclic) bond motifs is 1. The molecular weight excluding hydrogens is 631 g/mol. The van der Waals surface area contributed by atoms with E-state index in [1.54, 1.807) is 6.92 Å². The van der Waals surface area contributed by atoms with Crippen LogP contribution in [0.1, 0.15) is 50.5 Å². The SMILES string of the molecule is COc1ccc(F)cc1[C@H](Cn1c(=O)n([C@H](C)C(=O)O)c(=O)c2c(C)c(-n3nccn3)sc21)OCCOC1C(C(C)C)C12CCNC2. The van der Waals surface area contributed by atoms with Gasteiger partial charge < -0.3 is 24.6 Å². The second kappa shape index (κ2) is 12.9. The molecule has 0 bridgehead atoms. The Hall–Kier alpha value is -3.92. The van der Waals surface area contributed by atoms with E-state index in [4.69, 9.17) is 14.2 Å². The molecule has 0 amide bonds. The van der Waals surface area contributed by atoms with Gasteiger partial charge in [0.25, 0.3) is 5.56 Å². The Morgan fingerprint density at radius 2 is 1.96 bits per heavy atom. The van der Waals surface area contributed by atoms with E-state index in [1.807, 2.05) is 0 Å². The number of ether oxygens (including phenoxy) is 3. The monoisotopic (exact) mass is 670 g/mol. The average molecular weight is 671 g/mol. The zero-order valence-corrected chi connectivity index (χ0v) is 27.8. The smallest absolute Gasteiger partial charge is 0.333 e. The lowest BCUT2D eigenvalue weighted by molar-refractivity contribution is -0.140. The Morgan fingerprint density at radius 1 is 1.21 bits per heavy atom. The molecule has 5 atom stereocenters. The van der Waals surface area contributed by atoms with Crippen LogP contribution in [0, 0.1) is 30.0 Å². The molecule has 2 fully saturated rings. The zero-order chi connectivity index (χ0) is 33.6. The number of rotatable bonds is 13. The lowest BCUT2D eigenvalue weighted by Gasteiger charge is -2.23. The van der Waals surface area contributed by atoms with E-state index in [1.165, 1.54) is 54.0 Å². The largest absolute Gasteiger partial charge is 0.496 e. The molecule has 252 valence electrons. The number of halogens is 1. The summed E-state index contributed by atoms with van der Waals surface area (Å²) in [5.74, 6) is -0.611. The van der Waals surface area contributed by atoms with Crippen molar-refractivity contribution in [3.8, 4) is 10.8 Å². The van der Waals surface area contributed by atoms with Crippen LogP contribution < -0.4 is 21.3 Å². The molecule has 4 heterocycles. The molecular formula is C32H39FN6O7S. The highest BCUT2D eigenvalue weighted by Gasteiger charge is 2.67. The van der Waals surface area contributed by atoms with E-state index in [-0.39, 0.29) is 41.5 Å². The van der Waals surface area contributed by atoms with Crippen LogP contribution in [0.2, 0.25) is 0 Å². The number of carbonyl (C=O) groups is 1. The van der Waals surface area contributed by atoms with Gasteiger partial charge in [-0.3, -0.25) is 9.36 Å². The van der Waals surface area contributed by atoms with Crippen molar-refractivity contribution in [2.45, 2.75) is 58.9 Å². The van der Waals surface area contributed by atoms with E-state index >= 15 is 0 Å². The van der Waals surface area contributed by atoms with E-state index in [2.05, 4.69) is 29.4 Å². The summed E-state index contributed by atoms with van der Waals surface area (Å²) in [6.45, 7) is 9.49. The van der Waals surface area contributed by atoms with Gasteiger partial charge in [-0.15, -0.1) is 4.80 Å². The average Bonchev–Trinajstić information content (AvgIpc) is 3.53. The fraction of sp³-hybridized carbons (Fsp3) is 0.531. The molecule has 15 heteroatoms. The van der Waals surface area contributed by atoms with Crippen LogP contribution in [0.15, 0.2) is 40.2 Å². The minimum Gasteiger partial charge on any atom is -0.496 e. The number of carboxylic acids is 1. The molecule has 3 unspecified atom stereocenters. The molecule has 1 spiro atoms. The maximum Gasteiger partial charge on any atom is 0.333 e. The van der Waals surface area contributed by atoms with Gasteiger partial charge in [-0.2, -0.15) is 10.2 Å². The highest BCUT2D eigenvalue weighted by atomic mass is 32.1. The highest BCUT2D eigenvalue weighted by molar-refractivity contribution is 7.21. The summed E-state index contributed by atoms with van der Waals surface area (Å²) < 4.78 is 35.0. The van der Waals surface area contributed by atoms with Crippen LogP contribution in [-0.4, -0.2) is 74.7 Å². The van der Waals surface area contributed by atoms with Crippen LogP contribution in [0.3, 0.4) is 0 Å². The van der Waals surface area contributed by atoms with Crippen molar-refractivity contribution >= 4 is 27.5 Å². The number of methoxy groups -OCH3 is 1. The molecule has 4 aromatic rings. The van der Waals surface area contributed by atoms with Crippen LogP contribution in [0.25, 0.3) is 15.2 Å². The summed E-state index contributed by atoms with van der Waals surface area (Å²) in [7, 11) is 1.45. The van der Waals surface area contributed by atoms with Gasteiger partial charge in [0, 0.05) is 23.1 Å². The van der Waals surface area contributed by atoms with Gasteiger partial charge >= 0.3 is 11.7 Å². The molecule has 1 saturated heterocycles. The van der Waals surface area contributed by atoms with Gasteiger partial charge in [-0.1, -0.05) is 25.2 Å². The summed E-state index contributed by atoms with van der Waals surface area (Å²) in [5, 5.41) is 22.3. The third kappa shape index (κ3) is 5.79. The Kier molecular flexibility index (Phi) is 9.09. The van der Waals surface area contributed by atoms with Gasteiger partial charge in [0.2, 0.25) is 0 Å². The first-order valence-corrected chi connectivity index (χ1v) is 16.5. The minimum atomic E-state index is -1.46. The summed E-state index contributed by atoms with van der Waals surface area (Å²) in [5.41, 5.74) is -0.615. The van der Waals surface area contributed by atoms with Gasteiger partial charge in [-0.25, -0.2) is 18.5 Å². The van der Waals surface area contributed by atoms with E-state index < -0.39 is 35.2 Å². The van der Waals surface area contributed by atoms with Crippen LogP contribution >= 0.6 is 11.3 Å². The van der Waals surface area contributed by atoms with Crippen molar-refractivity contribution in [2.75, 3.05) is 33.4 Å². The molecule has 13 nitrogen and oxygen atoms in total. The normalized spacial score (nSPS) is 21.9. The Labute approximate surface area is 273 Å². The fourth-order valence-corrected chi connectivity index (χ4v) is 8.45. The molecule has 3 aromatic heterocycles. The lowest BCUT2D eigenvalue weighted by Crippen LogP contribution is -2.44. The predicted octanol–water partition coefficient (Wildman–Crippen LogP) is 3.32. The van der Waals surface area contributed by atoms with E-state index in [0.29, 0.717) is 33.7 Å². The first kappa shape index (κ1) is 33.0. The van der Waals surface area contributed by atoms with Crippen molar-refractivity contribution in [1.29, 1.82) is 0 Å². The summed E-state index contributed by atoms with van der Waals surface area (Å²) in [6.07, 6.45) is 3.20. The van der Waals surface area contributed by atoms with Crippen LogP contribution in [0.5, 0.6) is 5.75 Å². The Morgan fingerprint density at radius 3 is 2.60 bits per heavy atom. The van der Waals surface area contributed by atoms with E-state index in [0.717, 1.165) is 35.4 Å². The van der Waals surface area contributed by atoms with Crippen molar-refractivity contribution < 1.29 is 28.5 Å². The molecule has 1 saturated carbocycles. The zero-order valence-electron chi connectivity index (χ0n) is 26.9. The molecule has 1 aliphatic heterocycles. The number of aromatic nitrogens is 5. The molecule has 0 radical (unpaired) electrons. The Balaban J connectivity index is 1.39. The lowest BCUT2D eigenvalue weighted by atomic mass is 9.96. The van der Waals surface area contributed by atoms with Gasteiger partial charge in [0.15, 0.2) is 0 Å². The second-order valence-electron chi connectivity index (χ2n) is 12.6. The van der Waals surface area contributed by atoms with Crippen molar-refractivity contribution in [3.05, 3.63) is 68.4 Å². The minimum absolute atomic E-state index is 0.106. The molecule has 6 rings (SSSR count). The fourth-order valence-electron chi connectivity index (χ4n) is 7.23.